The van der Waals surface area contributed by atoms with Crippen molar-refractivity contribution < 1.29 is 14.3 Å². The molecule has 0 fully saturated rings. The second kappa shape index (κ2) is 7.45. The maximum atomic E-state index is 11.8. The normalized spacial score (nSPS) is 10.1. The third kappa shape index (κ3) is 4.34. The van der Waals surface area contributed by atoms with E-state index in [1.54, 1.807) is 6.07 Å². The highest BCUT2D eigenvalue weighted by molar-refractivity contribution is 6.42. The Kier molecular flexibility index (Phi) is 5.60. The van der Waals surface area contributed by atoms with Gasteiger partial charge in [0.05, 0.1) is 21.3 Å². The van der Waals surface area contributed by atoms with Crippen molar-refractivity contribution in [1.82, 2.24) is 4.98 Å². The Balaban J connectivity index is 1.95. The first-order valence-electron chi connectivity index (χ1n) is 5.99. The van der Waals surface area contributed by atoms with Crippen LogP contribution in [0.1, 0.15) is 10.4 Å². The van der Waals surface area contributed by atoms with Crippen molar-refractivity contribution in [3.63, 3.8) is 0 Å². The van der Waals surface area contributed by atoms with E-state index in [-0.39, 0.29) is 21.3 Å². The number of halogens is 3. The van der Waals surface area contributed by atoms with Crippen molar-refractivity contribution in [2.45, 2.75) is 0 Å². The van der Waals surface area contributed by atoms with Gasteiger partial charge in [-0.1, -0.05) is 34.8 Å². The summed E-state index contributed by atoms with van der Waals surface area (Å²) in [5.41, 5.74) is 0.452. The van der Waals surface area contributed by atoms with Crippen LogP contribution in [0.4, 0.5) is 5.69 Å². The van der Waals surface area contributed by atoms with E-state index < -0.39 is 18.5 Å². The van der Waals surface area contributed by atoms with E-state index in [1.807, 2.05) is 0 Å². The van der Waals surface area contributed by atoms with Crippen LogP contribution in [-0.4, -0.2) is 23.5 Å². The molecule has 0 spiro atoms. The third-order valence-corrected chi connectivity index (χ3v) is 3.32. The van der Waals surface area contributed by atoms with Gasteiger partial charge >= 0.3 is 5.97 Å². The molecular formula is C14H9Cl3N2O3. The molecule has 2 aromatic rings. The fourth-order valence-electron chi connectivity index (χ4n) is 1.54. The number of esters is 1. The lowest BCUT2D eigenvalue weighted by atomic mass is 10.3. The highest BCUT2D eigenvalue weighted by atomic mass is 35.5. The zero-order chi connectivity index (χ0) is 16.1. The zero-order valence-corrected chi connectivity index (χ0v) is 13.2. The second-order valence-electron chi connectivity index (χ2n) is 4.11. The minimum atomic E-state index is -0.656. The number of hydrogen-bond donors (Lipinski definition) is 1. The maximum absolute atomic E-state index is 11.8. The lowest BCUT2D eigenvalue weighted by Gasteiger charge is -2.10. The number of rotatable bonds is 4. The highest BCUT2D eigenvalue weighted by Gasteiger charge is 2.14. The summed E-state index contributed by atoms with van der Waals surface area (Å²) in [6.07, 6.45) is 2.86. The average Bonchev–Trinajstić information content (AvgIpc) is 2.49. The first-order valence-corrected chi connectivity index (χ1v) is 7.12. The molecule has 0 bridgehead atoms. The van der Waals surface area contributed by atoms with Crippen LogP contribution < -0.4 is 5.32 Å². The van der Waals surface area contributed by atoms with Gasteiger partial charge in [0.2, 0.25) is 0 Å². The van der Waals surface area contributed by atoms with Crippen molar-refractivity contribution in [2.75, 3.05) is 11.9 Å². The number of carbonyl (C=O) groups excluding carboxylic acids is 2. The molecule has 22 heavy (non-hydrogen) atoms. The number of pyridine rings is 1. The number of ether oxygens (including phenoxy) is 1. The SMILES string of the molecule is O=C(COC(=O)c1cccnc1)Nc1c(Cl)cc(Cl)cc1Cl. The van der Waals surface area contributed by atoms with Crippen LogP contribution in [0.2, 0.25) is 15.1 Å². The standard InChI is InChI=1S/C14H9Cl3N2O3/c15-9-4-10(16)13(11(17)5-9)19-12(20)7-22-14(21)8-2-1-3-18-6-8/h1-6H,7H2,(H,19,20). The largest absolute Gasteiger partial charge is 0.452 e. The van der Waals surface area contributed by atoms with Gasteiger partial charge in [-0.25, -0.2) is 4.79 Å². The summed E-state index contributed by atoms with van der Waals surface area (Å²) < 4.78 is 4.86. The summed E-state index contributed by atoms with van der Waals surface area (Å²) in [6.45, 7) is -0.483. The van der Waals surface area contributed by atoms with E-state index in [1.165, 1.54) is 30.6 Å². The fourth-order valence-corrected chi connectivity index (χ4v) is 2.45. The molecular weight excluding hydrogens is 351 g/mol. The number of amides is 1. The van der Waals surface area contributed by atoms with Gasteiger partial charge in [0.1, 0.15) is 0 Å². The molecule has 5 nitrogen and oxygen atoms in total. The van der Waals surface area contributed by atoms with Crippen LogP contribution >= 0.6 is 34.8 Å². The van der Waals surface area contributed by atoms with E-state index in [0.29, 0.717) is 5.02 Å². The Bertz CT molecular complexity index is 685. The van der Waals surface area contributed by atoms with Gasteiger partial charge in [-0.05, 0) is 24.3 Å². The Morgan fingerprint density at radius 1 is 1.18 bits per heavy atom. The van der Waals surface area contributed by atoms with E-state index in [9.17, 15) is 9.59 Å². The number of aromatic nitrogens is 1. The summed E-state index contributed by atoms with van der Waals surface area (Å²) >= 11 is 17.6. The zero-order valence-electron chi connectivity index (χ0n) is 11.0. The number of nitrogens with one attached hydrogen (secondary N) is 1. The summed E-state index contributed by atoms with van der Waals surface area (Å²) in [5, 5.41) is 3.17. The summed E-state index contributed by atoms with van der Waals surface area (Å²) in [4.78, 5) is 27.2. The van der Waals surface area contributed by atoms with E-state index in [2.05, 4.69) is 10.3 Å². The molecule has 0 radical (unpaired) electrons. The number of carbonyl (C=O) groups is 2. The number of hydrogen-bond acceptors (Lipinski definition) is 4. The van der Waals surface area contributed by atoms with E-state index >= 15 is 0 Å². The molecule has 0 atom stereocenters. The van der Waals surface area contributed by atoms with Crippen LogP contribution in [0.25, 0.3) is 0 Å². The quantitative estimate of drug-likeness (QED) is 0.842. The molecule has 1 N–H and O–H groups in total. The van der Waals surface area contributed by atoms with E-state index in [0.717, 1.165) is 0 Å². The van der Waals surface area contributed by atoms with Crippen molar-refractivity contribution in [1.29, 1.82) is 0 Å². The molecule has 0 aliphatic carbocycles. The first-order chi connectivity index (χ1) is 10.5. The number of benzene rings is 1. The van der Waals surface area contributed by atoms with Gasteiger partial charge in [0.15, 0.2) is 6.61 Å². The van der Waals surface area contributed by atoms with Crippen molar-refractivity contribution >= 4 is 52.4 Å². The number of anilines is 1. The van der Waals surface area contributed by atoms with Gasteiger partial charge in [-0.2, -0.15) is 0 Å². The summed E-state index contributed by atoms with van der Waals surface area (Å²) in [5.74, 6) is -1.24. The molecule has 8 heteroatoms. The smallest absolute Gasteiger partial charge is 0.340 e. The minimum absolute atomic E-state index is 0.185. The average molecular weight is 360 g/mol. The van der Waals surface area contributed by atoms with Crippen molar-refractivity contribution in [3.05, 3.63) is 57.3 Å². The van der Waals surface area contributed by atoms with Crippen LogP contribution in [-0.2, 0) is 9.53 Å². The van der Waals surface area contributed by atoms with Crippen LogP contribution in [0.15, 0.2) is 36.7 Å². The summed E-state index contributed by atoms with van der Waals surface area (Å²) in [6, 6.07) is 5.99. The topological polar surface area (TPSA) is 68.3 Å². The Hall–Kier alpha value is -1.82. The lowest BCUT2D eigenvalue weighted by molar-refractivity contribution is -0.119. The molecule has 1 heterocycles. The van der Waals surface area contributed by atoms with Gasteiger partial charge in [-0.3, -0.25) is 9.78 Å². The molecule has 0 aliphatic heterocycles. The summed E-state index contributed by atoms with van der Waals surface area (Å²) in [7, 11) is 0. The Labute approximate surface area is 141 Å². The van der Waals surface area contributed by atoms with Crippen molar-refractivity contribution in [3.8, 4) is 0 Å². The van der Waals surface area contributed by atoms with Crippen LogP contribution in [0.5, 0.6) is 0 Å². The Morgan fingerprint density at radius 3 is 2.45 bits per heavy atom. The first kappa shape index (κ1) is 16.5. The van der Waals surface area contributed by atoms with Crippen LogP contribution in [0, 0.1) is 0 Å². The monoisotopic (exact) mass is 358 g/mol. The second-order valence-corrected chi connectivity index (χ2v) is 5.36. The lowest BCUT2D eigenvalue weighted by Crippen LogP contribution is -2.21. The molecule has 0 saturated carbocycles. The molecule has 114 valence electrons. The molecule has 2 rings (SSSR count). The van der Waals surface area contributed by atoms with Gasteiger partial charge < -0.3 is 10.1 Å². The maximum Gasteiger partial charge on any atom is 0.340 e. The van der Waals surface area contributed by atoms with Crippen LogP contribution in [0.3, 0.4) is 0 Å². The predicted octanol–water partition coefficient (Wildman–Crippen LogP) is 3.84. The van der Waals surface area contributed by atoms with Gasteiger partial charge in [0, 0.05) is 17.4 Å². The molecule has 0 unspecified atom stereocenters. The molecule has 0 aliphatic rings. The highest BCUT2D eigenvalue weighted by Crippen LogP contribution is 2.33. The fraction of sp³-hybridized carbons (Fsp3) is 0.0714. The van der Waals surface area contributed by atoms with Crippen molar-refractivity contribution in [2.24, 2.45) is 0 Å². The molecule has 0 saturated heterocycles. The number of nitrogens with zero attached hydrogens (tertiary/aromatic N) is 1. The van der Waals surface area contributed by atoms with Gasteiger partial charge in [0.25, 0.3) is 5.91 Å². The Morgan fingerprint density at radius 2 is 1.86 bits per heavy atom. The van der Waals surface area contributed by atoms with E-state index in [4.69, 9.17) is 39.5 Å². The molecule has 1 aromatic heterocycles. The molecule has 1 amide bonds. The minimum Gasteiger partial charge on any atom is -0.452 e. The third-order valence-electron chi connectivity index (χ3n) is 2.50. The van der Waals surface area contributed by atoms with Gasteiger partial charge in [-0.15, -0.1) is 0 Å². The predicted molar refractivity (Wildman–Crippen MR) is 84.6 cm³/mol. The molecule has 1 aromatic carbocycles.